The molecular formula is C25H31N2O2+. The highest BCUT2D eigenvalue weighted by molar-refractivity contribution is 6.04. The highest BCUT2D eigenvalue weighted by Crippen LogP contribution is 2.49. The second-order valence-electron chi connectivity index (χ2n) is 9.18. The zero-order valence-corrected chi connectivity index (χ0v) is 18.5. The maximum absolute atomic E-state index is 9.60. The SMILES string of the molecule is COc1ccc2c(c1)C(C)(C)C(C=C1N(C)c3ccc(CO)cc3C1(C)C)=[N+]2C. The first-order valence-electron chi connectivity index (χ1n) is 10.1. The van der Waals surface area contributed by atoms with Crippen molar-refractivity contribution in [1.29, 1.82) is 0 Å². The summed E-state index contributed by atoms with van der Waals surface area (Å²) in [5.41, 5.74) is 8.18. The number of ether oxygens (including phenoxy) is 1. The van der Waals surface area contributed by atoms with Gasteiger partial charge in [0, 0.05) is 41.6 Å². The maximum Gasteiger partial charge on any atom is 0.209 e. The number of allylic oxidation sites excluding steroid dienone is 2. The lowest BCUT2D eigenvalue weighted by molar-refractivity contribution is -0.401. The third kappa shape index (κ3) is 2.73. The molecule has 1 N–H and O–H groups in total. The number of aliphatic hydroxyl groups is 1. The van der Waals surface area contributed by atoms with E-state index in [1.807, 2.05) is 12.1 Å². The van der Waals surface area contributed by atoms with Crippen molar-refractivity contribution in [1.82, 2.24) is 0 Å². The van der Waals surface area contributed by atoms with E-state index in [0.717, 1.165) is 11.3 Å². The van der Waals surface area contributed by atoms with Crippen LogP contribution in [0.25, 0.3) is 0 Å². The van der Waals surface area contributed by atoms with E-state index in [0.29, 0.717) is 0 Å². The highest BCUT2D eigenvalue weighted by Gasteiger charge is 2.46. The number of hydrogen-bond acceptors (Lipinski definition) is 3. The number of benzene rings is 2. The number of methoxy groups -OCH3 is 1. The van der Waals surface area contributed by atoms with Crippen molar-refractivity contribution in [2.45, 2.75) is 45.1 Å². The lowest BCUT2D eigenvalue weighted by Crippen LogP contribution is -2.31. The van der Waals surface area contributed by atoms with Crippen LogP contribution in [0.3, 0.4) is 0 Å². The Bertz CT molecular complexity index is 1060. The molecule has 2 aliphatic rings. The minimum absolute atomic E-state index is 0.0659. The summed E-state index contributed by atoms with van der Waals surface area (Å²) < 4.78 is 7.78. The summed E-state index contributed by atoms with van der Waals surface area (Å²) in [7, 11) is 6.00. The molecule has 0 amide bonds. The van der Waals surface area contributed by atoms with Crippen LogP contribution in [0.5, 0.6) is 5.75 Å². The van der Waals surface area contributed by atoms with Crippen LogP contribution in [-0.2, 0) is 17.4 Å². The Morgan fingerprint density at radius 2 is 1.76 bits per heavy atom. The Labute approximate surface area is 173 Å². The predicted octanol–water partition coefficient (Wildman–Crippen LogP) is 4.51. The molecule has 0 saturated carbocycles. The highest BCUT2D eigenvalue weighted by atomic mass is 16.5. The maximum atomic E-state index is 9.60. The Balaban J connectivity index is 1.85. The molecular weight excluding hydrogens is 360 g/mol. The molecule has 0 aromatic heterocycles. The van der Waals surface area contributed by atoms with Crippen LogP contribution < -0.4 is 9.64 Å². The van der Waals surface area contributed by atoms with Gasteiger partial charge in [-0.15, -0.1) is 0 Å². The fourth-order valence-electron chi connectivity index (χ4n) is 4.97. The van der Waals surface area contributed by atoms with Crippen molar-refractivity contribution in [2.24, 2.45) is 0 Å². The van der Waals surface area contributed by atoms with Crippen molar-refractivity contribution in [3.05, 3.63) is 64.9 Å². The molecule has 4 nitrogen and oxygen atoms in total. The molecule has 2 aliphatic heterocycles. The summed E-state index contributed by atoms with van der Waals surface area (Å²) >= 11 is 0. The summed E-state index contributed by atoms with van der Waals surface area (Å²) in [6.45, 7) is 9.15. The van der Waals surface area contributed by atoms with Crippen molar-refractivity contribution in [2.75, 3.05) is 26.1 Å². The van der Waals surface area contributed by atoms with Gasteiger partial charge in [0.05, 0.1) is 19.1 Å². The van der Waals surface area contributed by atoms with Crippen LogP contribution in [0.2, 0.25) is 0 Å². The molecule has 0 radical (unpaired) electrons. The second-order valence-corrected chi connectivity index (χ2v) is 9.18. The molecule has 0 atom stereocenters. The van der Waals surface area contributed by atoms with Crippen molar-refractivity contribution >= 4 is 17.1 Å². The fraction of sp³-hybridized carbons (Fsp3) is 0.400. The number of aliphatic hydroxyl groups excluding tert-OH is 1. The molecule has 2 heterocycles. The Morgan fingerprint density at radius 1 is 1.03 bits per heavy atom. The van der Waals surface area contributed by atoms with Gasteiger partial charge in [0.1, 0.15) is 12.8 Å². The average Bonchev–Trinajstić information content (AvgIpc) is 3.01. The topological polar surface area (TPSA) is 35.7 Å². The summed E-state index contributed by atoms with van der Waals surface area (Å²) in [5.74, 6) is 0.890. The van der Waals surface area contributed by atoms with E-state index in [-0.39, 0.29) is 17.4 Å². The molecule has 0 bridgehead atoms. The van der Waals surface area contributed by atoms with Gasteiger partial charge < -0.3 is 14.7 Å². The molecule has 0 fully saturated rings. The van der Waals surface area contributed by atoms with E-state index in [9.17, 15) is 5.11 Å². The van der Waals surface area contributed by atoms with Crippen molar-refractivity contribution < 1.29 is 14.4 Å². The van der Waals surface area contributed by atoms with Crippen LogP contribution in [0, 0.1) is 0 Å². The Hall–Kier alpha value is -2.59. The molecule has 152 valence electrons. The normalized spacial score (nSPS) is 20.3. The first-order valence-corrected chi connectivity index (χ1v) is 10.1. The number of hydrogen-bond donors (Lipinski definition) is 1. The van der Waals surface area contributed by atoms with Crippen LogP contribution in [0.1, 0.15) is 44.4 Å². The first kappa shape index (κ1) is 19.7. The number of nitrogens with zero attached hydrogens (tertiary/aromatic N) is 2. The number of anilines is 1. The van der Waals surface area contributed by atoms with E-state index in [4.69, 9.17) is 4.74 Å². The molecule has 4 heteroatoms. The zero-order valence-electron chi connectivity index (χ0n) is 18.5. The molecule has 0 saturated heterocycles. The van der Waals surface area contributed by atoms with Gasteiger partial charge in [0.25, 0.3) is 0 Å². The zero-order chi connectivity index (χ0) is 21.1. The standard InChI is InChI=1S/C25H31N2O2/c1-24(2)18-12-16(15-28)8-10-20(18)26(5)22(24)14-23-25(3,4)19-13-17(29-7)9-11-21(19)27(23)6/h8-14,28H,15H2,1-7H3/q+1. The van der Waals surface area contributed by atoms with E-state index < -0.39 is 0 Å². The van der Waals surface area contributed by atoms with Crippen LogP contribution >= 0.6 is 0 Å². The van der Waals surface area contributed by atoms with Gasteiger partial charge in [-0.25, -0.2) is 0 Å². The smallest absolute Gasteiger partial charge is 0.209 e. The molecule has 0 unspecified atom stereocenters. The van der Waals surface area contributed by atoms with E-state index in [1.165, 1.54) is 33.9 Å². The van der Waals surface area contributed by atoms with Gasteiger partial charge in [0.2, 0.25) is 5.69 Å². The third-order valence-electron chi connectivity index (χ3n) is 6.79. The van der Waals surface area contributed by atoms with Gasteiger partial charge >= 0.3 is 0 Å². The van der Waals surface area contributed by atoms with Gasteiger partial charge in [-0.2, -0.15) is 4.58 Å². The number of rotatable bonds is 3. The van der Waals surface area contributed by atoms with Crippen LogP contribution in [-0.4, -0.2) is 36.6 Å². The summed E-state index contributed by atoms with van der Waals surface area (Å²) in [5, 5.41) is 9.60. The molecule has 4 rings (SSSR count). The van der Waals surface area contributed by atoms with Gasteiger partial charge in [-0.3, -0.25) is 0 Å². The van der Waals surface area contributed by atoms with Crippen molar-refractivity contribution in [3.63, 3.8) is 0 Å². The Morgan fingerprint density at radius 3 is 2.41 bits per heavy atom. The first-order chi connectivity index (χ1) is 13.6. The lowest BCUT2D eigenvalue weighted by atomic mass is 9.78. The average molecular weight is 392 g/mol. The minimum atomic E-state index is -0.147. The monoisotopic (exact) mass is 391 g/mol. The summed E-state index contributed by atoms with van der Waals surface area (Å²) in [6.07, 6.45) is 2.35. The molecule has 0 spiro atoms. The van der Waals surface area contributed by atoms with Crippen LogP contribution in [0.15, 0.2) is 48.2 Å². The van der Waals surface area contributed by atoms with Crippen LogP contribution in [0.4, 0.5) is 11.4 Å². The molecule has 29 heavy (non-hydrogen) atoms. The molecule has 2 aromatic rings. The van der Waals surface area contributed by atoms with Gasteiger partial charge in [-0.1, -0.05) is 26.0 Å². The molecule has 2 aromatic carbocycles. The minimum Gasteiger partial charge on any atom is -0.497 e. The van der Waals surface area contributed by atoms with Gasteiger partial charge in [-0.05, 0) is 43.2 Å². The van der Waals surface area contributed by atoms with Gasteiger partial charge in [0.15, 0.2) is 5.71 Å². The summed E-state index contributed by atoms with van der Waals surface area (Å²) in [6, 6.07) is 12.6. The molecule has 0 aliphatic carbocycles. The fourth-order valence-corrected chi connectivity index (χ4v) is 4.97. The summed E-state index contributed by atoms with van der Waals surface area (Å²) in [4.78, 5) is 2.29. The Kier molecular flexibility index (Phi) is 4.39. The predicted molar refractivity (Wildman–Crippen MR) is 119 cm³/mol. The quantitative estimate of drug-likeness (QED) is 0.783. The van der Waals surface area contributed by atoms with E-state index >= 15 is 0 Å². The second kappa shape index (κ2) is 6.46. The van der Waals surface area contributed by atoms with Crippen molar-refractivity contribution in [3.8, 4) is 5.75 Å². The van der Waals surface area contributed by atoms with E-state index in [2.05, 4.69) is 81.6 Å². The largest absolute Gasteiger partial charge is 0.497 e. The number of likely N-dealkylation sites (N-methyl/N-ethyl adjacent to an activating group) is 1. The lowest BCUT2D eigenvalue weighted by Gasteiger charge is -2.25. The third-order valence-corrected chi connectivity index (χ3v) is 6.79. The number of fused-ring (bicyclic) bond motifs is 2. The van der Waals surface area contributed by atoms with E-state index in [1.54, 1.807) is 7.11 Å².